The smallest absolute Gasteiger partial charge is 0.333 e. The van der Waals surface area contributed by atoms with Crippen molar-refractivity contribution in [3.8, 4) is 0 Å². The van der Waals surface area contributed by atoms with Crippen LogP contribution in [0.2, 0.25) is 0 Å². The number of esters is 1. The van der Waals surface area contributed by atoms with Gasteiger partial charge in [0.25, 0.3) is 0 Å². The van der Waals surface area contributed by atoms with E-state index in [0.717, 1.165) is 12.8 Å². The summed E-state index contributed by atoms with van der Waals surface area (Å²) in [5, 5.41) is 0. The van der Waals surface area contributed by atoms with E-state index in [-0.39, 0.29) is 12.1 Å². The highest BCUT2D eigenvalue weighted by Gasteiger charge is 2.26. The van der Waals surface area contributed by atoms with Crippen molar-refractivity contribution in [3.63, 3.8) is 0 Å². The summed E-state index contributed by atoms with van der Waals surface area (Å²) in [6.45, 7) is 7.19. The van der Waals surface area contributed by atoms with Crippen molar-refractivity contribution in [2.24, 2.45) is 0 Å². The largest absolute Gasteiger partial charge is 0.459 e. The molecule has 2 heteroatoms. The highest BCUT2D eigenvalue weighted by atomic mass is 16.5. The Morgan fingerprint density at radius 2 is 2.38 bits per heavy atom. The quantitative estimate of drug-likeness (QED) is 0.375. The molecule has 70 valence electrons. The molecule has 0 aromatic rings. The monoisotopic (exact) mass is 178 g/mol. The zero-order valence-corrected chi connectivity index (χ0v) is 7.66. The lowest BCUT2D eigenvalue weighted by Crippen LogP contribution is -2.05. The van der Waals surface area contributed by atoms with Gasteiger partial charge >= 0.3 is 5.97 Å². The Bertz CT molecular complexity index is 235. The van der Waals surface area contributed by atoms with E-state index in [1.165, 1.54) is 0 Å². The molecule has 1 saturated heterocycles. The second-order valence-electron chi connectivity index (χ2n) is 3.08. The minimum Gasteiger partial charge on any atom is -0.459 e. The van der Waals surface area contributed by atoms with Crippen LogP contribution in [0.25, 0.3) is 0 Å². The predicted octanol–water partition coefficient (Wildman–Crippen LogP) is 2.38. The summed E-state index contributed by atoms with van der Waals surface area (Å²) < 4.78 is 5.06. The van der Waals surface area contributed by atoms with Gasteiger partial charge in [-0.1, -0.05) is 31.4 Å². The predicted molar refractivity (Wildman–Crippen MR) is 52.2 cm³/mol. The van der Waals surface area contributed by atoms with E-state index in [9.17, 15) is 4.79 Å². The molecule has 1 rings (SSSR count). The molecule has 0 aromatic carbocycles. The number of carbonyl (C=O) groups is 1. The fraction of sp³-hybridized carbons (Fsp3) is 0.364. The Morgan fingerprint density at radius 1 is 1.62 bits per heavy atom. The van der Waals surface area contributed by atoms with Crippen LogP contribution >= 0.6 is 0 Å². The summed E-state index contributed by atoms with van der Waals surface area (Å²) in [7, 11) is 0. The first-order chi connectivity index (χ1) is 6.24. The Hall–Kier alpha value is -1.31. The van der Waals surface area contributed by atoms with Gasteiger partial charge in [0.05, 0.1) is 0 Å². The zero-order valence-electron chi connectivity index (χ0n) is 7.66. The van der Waals surface area contributed by atoms with Gasteiger partial charge < -0.3 is 4.74 Å². The number of ether oxygens (including phenoxy) is 1. The van der Waals surface area contributed by atoms with Crippen LogP contribution in [0.15, 0.2) is 37.0 Å². The first kappa shape index (κ1) is 9.78. The minimum absolute atomic E-state index is 0.0365. The third-order valence-corrected chi connectivity index (χ3v) is 1.96. The first-order valence-electron chi connectivity index (χ1n) is 4.40. The van der Waals surface area contributed by atoms with Crippen molar-refractivity contribution in [1.29, 1.82) is 0 Å². The third-order valence-electron chi connectivity index (χ3n) is 1.96. The molecule has 0 aliphatic carbocycles. The third kappa shape index (κ3) is 2.90. The molecule has 0 saturated carbocycles. The summed E-state index contributed by atoms with van der Waals surface area (Å²) in [5.74, 6) is -0.238. The van der Waals surface area contributed by atoms with Crippen molar-refractivity contribution < 1.29 is 9.53 Å². The zero-order chi connectivity index (χ0) is 9.68. The van der Waals surface area contributed by atoms with Crippen LogP contribution in [0.4, 0.5) is 0 Å². The number of rotatable bonds is 4. The Morgan fingerprint density at radius 3 is 2.92 bits per heavy atom. The van der Waals surface area contributed by atoms with Crippen LogP contribution in [0, 0.1) is 0 Å². The lowest BCUT2D eigenvalue weighted by atomic mass is 10.1. The normalized spacial score (nSPS) is 22.3. The first-order valence-corrected chi connectivity index (χ1v) is 4.40. The number of cyclic esters (lactones) is 1. The van der Waals surface area contributed by atoms with Crippen molar-refractivity contribution in [3.05, 3.63) is 37.0 Å². The van der Waals surface area contributed by atoms with Crippen LogP contribution in [-0.2, 0) is 9.53 Å². The van der Waals surface area contributed by atoms with E-state index in [4.69, 9.17) is 4.74 Å². The Balaban J connectivity index is 2.24. The molecule has 0 N–H and O–H groups in total. The van der Waals surface area contributed by atoms with Gasteiger partial charge in [-0.3, -0.25) is 0 Å². The molecule has 0 spiro atoms. The maximum absolute atomic E-state index is 10.9. The average molecular weight is 178 g/mol. The minimum atomic E-state index is -0.238. The van der Waals surface area contributed by atoms with Crippen molar-refractivity contribution in [2.45, 2.75) is 25.4 Å². The van der Waals surface area contributed by atoms with Gasteiger partial charge in [0, 0.05) is 12.0 Å². The second-order valence-corrected chi connectivity index (χ2v) is 3.08. The summed E-state index contributed by atoms with van der Waals surface area (Å²) in [6, 6.07) is 0. The molecule has 1 aliphatic heterocycles. The Kier molecular flexibility index (Phi) is 3.50. The highest BCUT2D eigenvalue weighted by molar-refractivity contribution is 5.89. The number of hydrogen-bond donors (Lipinski definition) is 0. The lowest BCUT2D eigenvalue weighted by molar-refractivity contribution is -0.138. The summed E-state index contributed by atoms with van der Waals surface area (Å²) in [6.07, 6.45) is 8.15. The van der Waals surface area contributed by atoms with E-state index in [1.807, 2.05) is 12.2 Å². The molecule has 0 amide bonds. The van der Waals surface area contributed by atoms with E-state index >= 15 is 0 Å². The standard InChI is InChI=1S/C11H14O2/c1-3-4-5-6-7-10-8-9(2)11(12)13-10/h3-5,10H,1-2,6-8H2/b5-4+. The molecule has 13 heavy (non-hydrogen) atoms. The van der Waals surface area contributed by atoms with E-state index in [0.29, 0.717) is 12.0 Å². The summed E-state index contributed by atoms with van der Waals surface area (Å²) in [5.41, 5.74) is 0.595. The fourth-order valence-electron chi connectivity index (χ4n) is 1.27. The van der Waals surface area contributed by atoms with Crippen LogP contribution in [0.3, 0.4) is 0 Å². The summed E-state index contributed by atoms with van der Waals surface area (Å²) >= 11 is 0. The van der Waals surface area contributed by atoms with Crippen LogP contribution in [0.5, 0.6) is 0 Å². The van der Waals surface area contributed by atoms with Crippen molar-refractivity contribution in [1.82, 2.24) is 0 Å². The lowest BCUT2D eigenvalue weighted by Gasteiger charge is -2.04. The van der Waals surface area contributed by atoms with Gasteiger partial charge in [-0.15, -0.1) is 0 Å². The van der Waals surface area contributed by atoms with E-state index in [1.54, 1.807) is 6.08 Å². The molecule has 0 bridgehead atoms. The topological polar surface area (TPSA) is 26.3 Å². The van der Waals surface area contributed by atoms with Gasteiger partial charge in [0.2, 0.25) is 0 Å². The molecule has 0 radical (unpaired) electrons. The van der Waals surface area contributed by atoms with E-state index in [2.05, 4.69) is 13.2 Å². The van der Waals surface area contributed by atoms with Crippen molar-refractivity contribution >= 4 is 5.97 Å². The van der Waals surface area contributed by atoms with Crippen LogP contribution in [0.1, 0.15) is 19.3 Å². The van der Waals surface area contributed by atoms with Gasteiger partial charge in [-0.2, -0.15) is 0 Å². The Labute approximate surface area is 78.6 Å². The number of hydrogen-bond acceptors (Lipinski definition) is 2. The SMILES string of the molecule is C=C/C=C/CCC1CC(=C)C(=O)O1. The van der Waals surface area contributed by atoms with Gasteiger partial charge in [-0.05, 0) is 12.8 Å². The van der Waals surface area contributed by atoms with Gasteiger partial charge in [0.1, 0.15) is 6.10 Å². The molecule has 2 nitrogen and oxygen atoms in total. The molecule has 1 atom stereocenters. The van der Waals surface area contributed by atoms with Crippen molar-refractivity contribution in [2.75, 3.05) is 0 Å². The van der Waals surface area contributed by atoms with E-state index < -0.39 is 0 Å². The maximum atomic E-state index is 10.9. The molecule has 1 aliphatic rings. The van der Waals surface area contributed by atoms with Crippen LogP contribution in [-0.4, -0.2) is 12.1 Å². The average Bonchev–Trinajstić information content (AvgIpc) is 2.41. The molecule has 1 fully saturated rings. The second kappa shape index (κ2) is 4.65. The summed E-state index contributed by atoms with van der Waals surface area (Å²) in [4.78, 5) is 10.9. The van der Waals surface area contributed by atoms with Crippen LogP contribution < -0.4 is 0 Å². The molecule has 1 unspecified atom stereocenters. The maximum Gasteiger partial charge on any atom is 0.333 e. The number of carbonyl (C=O) groups excluding carboxylic acids is 1. The van der Waals surface area contributed by atoms with Gasteiger partial charge in [0.15, 0.2) is 0 Å². The molecular formula is C11H14O2. The molecule has 0 aromatic heterocycles. The fourth-order valence-corrected chi connectivity index (χ4v) is 1.27. The van der Waals surface area contributed by atoms with Gasteiger partial charge in [-0.25, -0.2) is 4.79 Å². The highest BCUT2D eigenvalue weighted by Crippen LogP contribution is 2.22. The molecular weight excluding hydrogens is 164 g/mol. The number of allylic oxidation sites excluding steroid dienone is 3. The molecule has 1 heterocycles.